The lowest BCUT2D eigenvalue weighted by molar-refractivity contribution is 0.352. The van der Waals surface area contributed by atoms with E-state index in [-0.39, 0.29) is 12.0 Å². The van der Waals surface area contributed by atoms with Crippen LogP contribution in [0.1, 0.15) is 26.5 Å². The van der Waals surface area contributed by atoms with Crippen LogP contribution in [0, 0.1) is 11.8 Å². The maximum atomic E-state index is 11.6. The Kier molecular flexibility index (Phi) is 4.24. The summed E-state index contributed by atoms with van der Waals surface area (Å²) in [4.78, 5) is 8.34. The molecule has 0 radical (unpaired) electrons. The molecule has 0 saturated heterocycles. The standard InChI is InChI=1S/C12H15FN2O/c1-12(2,3)10-8-15-11(9-14-10)16-7-5-4-6-13/h8-9H,6-7H2,1-3H3. The smallest absolute Gasteiger partial charge is 0.233 e. The summed E-state index contributed by atoms with van der Waals surface area (Å²) in [7, 11) is 0. The van der Waals surface area contributed by atoms with Crippen LogP contribution in [0.25, 0.3) is 0 Å². The van der Waals surface area contributed by atoms with Crippen molar-refractivity contribution in [2.75, 3.05) is 13.3 Å². The van der Waals surface area contributed by atoms with E-state index in [1.54, 1.807) is 12.4 Å². The molecular weight excluding hydrogens is 207 g/mol. The van der Waals surface area contributed by atoms with Crippen molar-refractivity contribution in [3.05, 3.63) is 18.1 Å². The largest absolute Gasteiger partial charge is 0.463 e. The van der Waals surface area contributed by atoms with Gasteiger partial charge in [0.2, 0.25) is 5.88 Å². The summed E-state index contributed by atoms with van der Waals surface area (Å²) in [5, 5.41) is 0. The Morgan fingerprint density at radius 3 is 2.50 bits per heavy atom. The van der Waals surface area contributed by atoms with Crippen LogP contribution >= 0.6 is 0 Å². The lowest BCUT2D eigenvalue weighted by Crippen LogP contribution is -2.13. The van der Waals surface area contributed by atoms with Crippen LogP contribution in [-0.4, -0.2) is 23.2 Å². The minimum atomic E-state index is -0.655. The Morgan fingerprint density at radius 2 is 2.00 bits per heavy atom. The third-order valence-corrected chi connectivity index (χ3v) is 1.88. The highest BCUT2D eigenvalue weighted by atomic mass is 19.1. The van der Waals surface area contributed by atoms with Crippen molar-refractivity contribution >= 4 is 0 Å². The molecule has 1 heterocycles. The average molecular weight is 222 g/mol. The van der Waals surface area contributed by atoms with Crippen molar-refractivity contribution < 1.29 is 9.13 Å². The third-order valence-electron chi connectivity index (χ3n) is 1.88. The van der Waals surface area contributed by atoms with Crippen molar-refractivity contribution in [3.63, 3.8) is 0 Å². The zero-order chi connectivity index (χ0) is 12.0. The van der Waals surface area contributed by atoms with Crippen LogP contribution < -0.4 is 4.74 Å². The Hall–Kier alpha value is -1.63. The van der Waals surface area contributed by atoms with Gasteiger partial charge in [-0.05, 0) is 0 Å². The lowest BCUT2D eigenvalue weighted by Gasteiger charge is -2.16. The van der Waals surface area contributed by atoms with Crippen molar-refractivity contribution in [1.82, 2.24) is 9.97 Å². The van der Waals surface area contributed by atoms with E-state index in [0.717, 1.165) is 5.69 Å². The van der Waals surface area contributed by atoms with Crippen LogP contribution in [0.2, 0.25) is 0 Å². The van der Waals surface area contributed by atoms with Crippen molar-refractivity contribution in [3.8, 4) is 17.7 Å². The fourth-order valence-electron chi connectivity index (χ4n) is 0.986. The molecule has 0 fully saturated rings. The second kappa shape index (κ2) is 5.45. The molecule has 1 rings (SSSR count). The summed E-state index contributed by atoms with van der Waals surface area (Å²) >= 11 is 0. The fraction of sp³-hybridized carbons (Fsp3) is 0.500. The highest BCUT2D eigenvalue weighted by Crippen LogP contribution is 2.19. The molecule has 86 valence electrons. The van der Waals surface area contributed by atoms with Crippen LogP contribution in [0.3, 0.4) is 0 Å². The molecule has 0 aromatic carbocycles. The molecule has 4 heteroatoms. The van der Waals surface area contributed by atoms with Crippen molar-refractivity contribution in [2.24, 2.45) is 0 Å². The van der Waals surface area contributed by atoms with Crippen LogP contribution in [-0.2, 0) is 5.41 Å². The number of rotatable bonds is 2. The normalized spacial score (nSPS) is 10.5. The highest BCUT2D eigenvalue weighted by Gasteiger charge is 2.15. The SMILES string of the molecule is CC(C)(C)c1cnc(OCC#CCF)cn1. The summed E-state index contributed by atoms with van der Waals surface area (Å²) in [5.74, 6) is 5.18. The van der Waals surface area contributed by atoms with Gasteiger partial charge >= 0.3 is 0 Å². The maximum Gasteiger partial charge on any atom is 0.233 e. The minimum absolute atomic E-state index is 0.0282. The molecule has 1 aromatic heterocycles. The number of aromatic nitrogens is 2. The fourth-order valence-corrected chi connectivity index (χ4v) is 0.986. The van der Waals surface area contributed by atoms with E-state index in [2.05, 4.69) is 42.6 Å². The average Bonchev–Trinajstić information content (AvgIpc) is 2.24. The summed E-state index contributed by atoms with van der Waals surface area (Å²) in [6.07, 6.45) is 3.23. The summed E-state index contributed by atoms with van der Waals surface area (Å²) in [5.41, 5.74) is 0.870. The maximum absolute atomic E-state index is 11.6. The van der Waals surface area contributed by atoms with Gasteiger partial charge in [0.25, 0.3) is 0 Å². The Labute approximate surface area is 95.1 Å². The zero-order valence-electron chi connectivity index (χ0n) is 9.75. The van der Waals surface area contributed by atoms with Gasteiger partial charge in [-0.1, -0.05) is 32.6 Å². The van der Waals surface area contributed by atoms with Gasteiger partial charge in [0.05, 0.1) is 18.1 Å². The molecule has 0 aliphatic rings. The quantitative estimate of drug-likeness (QED) is 0.719. The van der Waals surface area contributed by atoms with E-state index in [4.69, 9.17) is 4.74 Å². The number of hydrogen-bond donors (Lipinski definition) is 0. The number of alkyl halides is 1. The molecule has 0 unspecified atom stereocenters. The van der Waals surface area contributed by atoms with Gasteiger partial charge in [0, 0.05) is 5.41 Å². The molecule has 0 aliphatic carbocycles. The molecule has 1 aromatic rings. The lowest BCUT2D eigenvalue weighted by atomic mass is 9.93. The number of halogens is 1. The predicted octanol–water partition coefficient (Wildman–Crippen LogP) is 2.13. The molecule has 3 nitrogen and oxygen atoms in total. The predicted molar refractivity (Wildman–Crippen MR) is 60.0 cm³/mol. The Bertz CT molecular complexity index is 384. The van der Waals surface area contributed by atoms with E-state index in [0.29, 0.717) is 5.88 Å². The second-order valence-electron chi connectivity index (χ2n) is 4.27. The van der Waals surface area contributed by atoms with E-state index in [1.807, 2.05) is 0 Å². The Morgan fingerprint density at radius 1 is 1.25 bits per heavy atom. The summed E-state index contributed by atoms with van der Waals surface area (Å²) in [6.45, 7) is 5.66. The first-order chi connectivity index (χ1) is 7.54. The van der Waals surface area contributed by atoms with Gasteiger partial charge in [0.15, 0.2) is 6.61 Å². The molecule has 0 saturated carbocycles. The van der Waals surface area contributed by atoms with Gasteiger partial charge in [0.1, 0.15) is 6.67 Å². The van der Waals surface area contributed by atoms with E-state index >= 15 is 0 Å². The third kappa shape index (κ3) is 3.85. The van der Waals surface area contributed by atoms with E-state index in [9.17, 15) is 4.39 Å². The monoisotopic (exact) mass is 222 g/mol. The van der Waals surface area contributed by atoms with Gasteiger partial charge < -0.3 is 4.74 Å². The summed E-state index contributed by atoms with van der Waals surface area (Å²) in [6, 6.07) is 0. The van der Waals surface area contributed by atoms with Gasteiger partial charge in [-0.2, -0.15) is 0 Å². The molecule has 0 spiro atoms. The first-order valence-corrected chi connectivity index (χ1v) is 5.01. The van der Waals surface area contributed by atoms with E-state index in [1.165, 1.54) is 0 Å². The van der Waals surface area contributed by atoms with Crippen LogP contribution in [0.15, 0.2) is 12.4 Å². The zero-order valence-corrected chi connectivity index (χ0v) is 9.75. The molecule has 16 heavy (non-hydrogen) atoms. The number of hydrogen-bond acceptors (Lipinski definition) is 3. The summed E-state index contributed by atoms with van der Waals surface area (Å²) < 4.78 is 16.8. The molecule has 0 N–H and O–H groups in total. The van der Waals surface area contributed by atoms with Gasteiger partial charge in [-0.3, -0.25) is 4.98 Å². The first-order valence-electron chi connectivity index (χ1n) is 5.01. The molecule has 0 aliphatic heterocycles. The number of ether oxygens (including phenoxy) is 1. The molecule has 0 amide bonds. The molecular formula is C12H15FN2O. The van der Waals surface area contributed by atoms with Crippen molar-refractivity contribution in [2.45, 2.75) is 26.2 Å². The molecule has 0 atom stereocenters. The Balaban J connectivity index is 2.58. The van der Waals surface area contributed by atoms with Crippen molar-refractivity contribution in [1.29, 1.82) is 0 Å². The topological polar surface area (TPSA) is 35.0 Å². The van der Waals surface area contributed by atoms with Gasteiger partial charge in [-0.15, -0.1) is 0 Å². The second-order valence-corrected chi connectivity index (χ2v) is 4.27. The van der Waals surface area contributed by atoms with E-state index < -0.39 is 6.67 Å². The minimum Gasteiger partial charge on any atom is -0.463 e. The first kappa shape index (κ1) is 12.4. The molecule has 0 bridgehead atoms. The van der Waals surface area contributed by atoms with Gasteiger partial charge in [-0.25, -0.2) is 9.37 Å². The number of nitrogens with zero attached hydrogens (tertiary/aromatic N) is 2. The van der Waals surface area contributed by atoms with Crippen LogP contribution in [0.5, 0.6) is 5.88 Å². The van der Waals surface area contributed by atoms with Crippen LogP contribution in [0.4, 0.5) is 4.39 Å². The highest BCUT2D eigenvalue weighted by molar-refractivity contribution is 5.14.